The Hall–Kier alpha value is -3.19. The summed E-state index contributed by atoms with van der Waals surface area (Å²) in [6.07, 6.45) is 3.38. The van der Waals surface area contributed by atoms with E-state index in [9.17, 15) is 10.1 Å². The summed E-state index contributed by atoms with van der Waals surface area (Å²) in [7, 11) is 5.21. The smallest absolute Gasteiger partial charge is 0.255 e. The third-order valence-electron chi connectivity index (χ3n) is 5.85. The number of ether oxygens (including phenoxy) is 2. The summed E-state index contributed by atoms with van der Waals surface area (Å²) < 4.78 is 11.0. The minimum absolute atomic E-state index is 0. The molecule has 178 valence electrons. The molecule has 2 atom stereocenters. The molecule has 1 aromatic heterocycles. The monoisotopic (exact) mass is 455 g/mol. The summed E-state index contributed by atoms with van der Waals surface area (Å²) >= 11 is 0. The first kappa shape index (κ1) is 26.1. The van der Waals surface area contributed by atoms with Crippen LogP contribution in [0.25, 0.3) is 0 Å². The molecule has 1 aliphatic heterocycles. The van der Waals surface area contributed by atoms with Gasteiger partial charge in [0.15, 0.2) is 0 Å². The molecule has 1 aromatic carbocycles. The molecule has 9 heteroatoms. The van der Waals surface area contributed by atoms with E-state index in [0.29, 0.717) is 22.7 Å². The molecule has 3 rings (SSSR count). The van der Waals surface area contributed by atoms with Crippen LogP contribution in [0.5, 0.6) is 5.75 Å². The van der Waals surface area contributed by atoms with Crippen molar-refractivity contribution in [2.75, 3.05) is 52.3 Å². The van der Waals surface area contributed by atoms with Gasteiger partial charge in [-0.05, 0) is 43.7 Å². The van der Waals surface area contributed by atoms with Gasteiger partial charge in [0.1, 0.15) is 17.6 Å². The Labute approximate surface area is 195 Å². The Kier molecular flexibility index (Phi) is 10.1. The van der Waals surface area contributed by atoms with E-state index in [1.54, 1.807) is 44.7 Å². The number of likely N-dealkylation sites (tertiary alicyclic amines) is 1. The molecule has 1 aliphatic rings. The molecule has 1 amide bonds. The molecule has 2 heterocycles. The van der Waals surface area contributed by atoms with Crippen LogP contribution in [0.15, 0.2) is 42.6 Å². The van der Waals surface area contributed by atoms with Gasteiger partial charge < -0.3 is 30.1 Å². The van der Waals surface area contributed by atoms with Crippen molar-refractivity contribution in [3.05, 3.63) is 53.7 Å². The number of anilines is 1. The molecular formula is C24H33N5O4. The number of hydrogen-bond donors (Lipinski definition) is 1. The fourth-order valence-electron chi connectivity index (χ4n) is 4.09. The number of hydrogen-bond acceptors (Lipinski definition) is 7. The fourth-order valence-corrected chi connectivity index (χ4v) is 4.09. The van der Waals surface area contributed by atoms with Crippen LogP contribution in [0, 0.1) is 11.3 Å². The van der Waals surface area contributed by atoms with Gasteiger partial charge in [0.2, 0.25) is 0 Å². The largest absolute Gasteiger partial charge is 0.496 e. The van der Waals surface area contributed by atoms with Crippen molar-refractivity contribution in [1.29, 1.82) is 5.26 Å². The van der Waals surface area contributed by atoms with Gasteiger partial charge in [0.25, 0.3) is 5.91 Å². The molecule has 0 spiro atoms. The summed E-state index contributed by atoms with van der Waals surface area (Å²) in [4.78, 5) is 21.5. The zero-order chi connectivity index (χ0) is 22.9. The normalized spacial score (nSPS) is 18.0. The van der Waals surface area contributed by atoms with Crippen molar-refractivity contribution in [3.8, 4) is 11.8 Å². The van der Waals surface area contributed by atoms with Crippen molar-refractivity contribution in [2.45, 2.75) is 25.0 Å². The molecule has 0 aliphatic carbocycles. The summed E-state index contributed by atoms with van der Waals surface area (Å²) in [5, 5.41) is 12.4. The van der Waals surface area contributed by atoms with Crippen molar-refractivity contribution < 1.29 is 19.7 Å². The Bertz CT molecular complexity index is 948. The number of nitrogens with one attached hydrogen (secondary N) is 1. The van der Waals surface area contributed by atoms with E-state index in [1.807, 2.05) is 24.1 Å². The molecular weight excluding hydrogens is 422 g/mol. The summed E-state index contributed by atoms with van der Waals surface area (Å²) in [6, 6.07) is 12.9. The van der Waals surface area contributed by atoms with Crippen molar-refractivity contribution in [3.63, 3.8) is 0 Å². The van der Waals surface area contributed by atoms with Gasteiger partial charge >= 0.3 is 0 Å². The van der Waals surface area contributed by atoms with Crippen LogP contribution in [0.3, 0.4) is 0 Å². The van der Waals surface area contributed by atoms with Crippen LogP contribution in [0.4, 0.5) is 5.82 Å². The average molecular weight is 456 g/mol. The SMILES string of the molecule is COc1ccccc1C(=O)NC1CCN(CCCN(C)c2ncccc2C#N)CC1OC.O. The van der Waals surface area contributed by atoms with Crippen molar-refractivity contribution in [2.24, 2.45) is 0 Å². The highest BCUT2D eigenvalue weighted by Gasteiger charge is 2.31. The molecule has 0 radical (unpaired) electrons. The van der Waals surface area contributed by atoms with Gasteiger partial charge in [-0.15, -0.1) is 0 Å². The second kappa shape index (κ2) is 12.7. The lowest BCUT2D eigenvalue weighted by Gasteiger charge is -2.38. The fraction of sp³-hybridized carbons (Fsp3) is 0.458. The number of amides is 1. The lowest BCUT2D eigenvalue weighted by Crippen LogP contribution is -2.55. The summed E-state index contributed by atoms with van der Waals surface area (Å²) in [5.74, 6) is 1.13. The van der Waals surface area contributed by atoms with E-state index >= 15 is 0 Å². The van der Waals surface area contributed by atoms with Crippen LogP contribution >= 0.6 is 0 Å². The molecule has 2 aromatic rings. The molecule has 33 heavy (non-hydrogen) atoms. The molecule has 3 N–H and O–H groups in total. The van der Waals surface area contributed by atoms with Gasteiger partial charge in [0.05, 0.1) is 30.4 Å². The van der Waals surface area contributed by atoms with Gasteiger partial charge in [-0.2, -0.15) is 5.26 Å². The maximum absolute atomic E-state index is 12.8. The molecule has 2 unspecified atom stereocenters. The van der Waals surface area contributed by atoms with Crippen LogP contribution in [-0.2, 0) is 4.74 Å². The van der Waals surface area contributed by atoms with Gasteiger partial charge in [-0.3, -0.25) is 4.79 Å². The third kappa shape index (κ3) is 6.65. The molecule has 1 fully saturated rings. The van der Waals surface area contributed by atoms with Gasteiger partial charge in [-0.1, -0.05) is 12.1 Å². The molecule has 0 bridgehead atoms. The van der Waals surface area contributed by atoms with E-state index in [4.69, 9.17) is 9.47 Å². The number of aromatic nitrogens is 1. The number of methoxy groups -OCH3 is 2. The highest BCUT2D eigenvalue weighted by Crippen LogP contribution is 2.20. The first-order valence-electron chi connectivity index (χ1n) is 10.8. The minimum atomic E-state index is -0.145. The molecule has 1 saturated heterocycles. The standard InChI is InChI=1S/C24H31N5O3.H2O/c1-28(23-18(16-25)8-6-12-26-23)13-7-14-29-15-11-20(22(17-29)32-3)27-24(30)19-9-4-5-10-21(19)31-2;/h4-6,8-10,12,20,22H,7,11,13-15,17H2,1-3H3,(H,27,30);1H2. The number of carbonyl (C=O) groups excluding carboxylic acids is 1. The number of pyridine rings is 1. The maximum Gasteiger partial charge on any atom is 0.255 e. The number of piperidine rings is 1. The number of benzene rings is 1. The van der Waals surface area contributed by atoms with Crippen molar-refractivity contribution in [1.82, 2.24) is 15.2 Å². The van der Waals surface area contributed by atoms with Crippen LogP contribution < -0.4 is 15.0 Å². The summed E-state index contributed by atoms with van der Waals surface area (Å²) in [5.41, 5.74) is 1.11. The topological polar surface area (TPSA) is 122 Å². The third-order valence-corrected chi connectivity index (χ3v) is 5.85. The van der Waals surface area contributed by atoms with Crippen LogP contribution in [0.2, 0.25) is 0 Å². The lowest BCUT2D eigenvalue weighted by atomic mass is 10.0. The Morgan fingerprint density at radius 3 is 2.82 bits per heavy atom. The lowest BCUT2D eigenvalue weighted by molar-refractivity contribution is 0.00629. The quantitative estimate of drug-likeness (QED) is 0.608. The Balaban J connectivity index is 0.00000385. The minimum Gasteiger partial charge on any atom is -0.496 e. The van der Waals surface area contributed by atoms with Crippen LogP contribution in [-0.4, -0.2) is 80.9 Å². The average Bonchev–Trinajstić information content (AvgIpc) is 2.84. The summed E-state index contributed by atoms with van der Waals surface area (Å²) in [6.45, 7) is 3.34. The predicted molar refractivity (Wildman–Crippen MR) is 127 cm³/mol. The zero-order valence-electron chi connectivity index (χ0n) is 19.5. The number of rotatable bonds is 9. The highest BCUT2D eigenvalue weighted by atomic mass is 16.5. The van der Waals surface area contributed by atoms with Crippen LogP contribution in [0.1, 0.15) is 28.8 Å². The van der Waals surface area contributed by atoms with E-state index < -0.39 is 0 Å². The first-order chi connectivity index (χ1) is 15.6. The Morgan fingerprint density at radius 1 is 1.30 bits per heavy atom. The predicted octanol–water partition coefficient (Wildman–Crippen LogP) is 1.48. The number of nitriles is 1. The van der Waals surface area contributed by atoms with E-state index in [0.717, 1.165) is 39.0 Å². The number of carbonyl (C=O) groups is 1. The zero-order valence-corrected chi connectivity index (χ0v) is 19.5. The van der Waals surface area contributed by atoms with E-state index in [2.05, 4.69) is 21.3 Å². The van der Waals surface area contributed by atoms with Crippen molar-refractivity contribution >= 4 is 11.7 Å². The highest BCUT2D eigenvalue weighted by molar-refractivity contribution is 5.97. The van der Waals surface area contributed by atoms with Gasteiger partial charge in [-0.25, -0.2) is 4.98 Å². The van der Waals surface area contributed by atoms with E-state index in [-0.39, 0.29) is 23.5 Å². The number of para-hydroxylation sites is 1. The first-order valence-corrected chi connectivity index (χ1v) is 10.8. The van der Waals surface area contributed by atoms with Gasteiger partial charge in [0, 0.05) is 40.0 Å². The Morgan fingerprint density at radius 2 is 2.09 bits per heavy atom. The van der Waals surface area contributed by atoms with E-state index in [1.165, 1.54) is 0 Å². The molecule has 9 nitrogen and oxygen atoms in total. The number of nitrogens with zero attached hydrogens (tertiary/aromatic N) is 4. The second-order valence-corrected chi connectivity index (χ2v) is 7.91. The second-order valence-electron chi connectivity index (χ2n) is 7.91. The molecule has 0 saturated carbocycles. The maximum atomic E-state index is 12.8.